The highest BCUT2D eigenvalue weighted by molar-refractivity contribution is 5.74. The summed E-state index contributed by atoms with van der Waals surface area (Å²) in [4.78, 5) is 36.0. The minimum Gasteiger partial charge on any atom is -0.479 e. The average Bonchev–Trinajstić information content (AvgIpc) is 2.86. The fourth-order valence-electron chi connectivity index (χ4n) is 5.70. The number of carbonyl (C=O) groups is 3. The maximum absolute atomic E-state index is 12.1. The number of carboxylic acids is 3. The second-order valence-corrected chi connectivity index (χ2v) is 13.2. The van der Waals surface area contributed by atoms with Gasteiger partial charge in [-0.3, -0.25) is 0 Å². The number of ether oxygens (including phenoxy) is 5. The van der Waals surface area contributed by atoms with Crippen LogP contribution in [0.4, 0.5) is 0 Å². The number of rotatable bonds is 7. The first-order valence-electron chi connectivity index (χ1n) is 13.6. The number of aliphatic hydroxyl groups is 6. The topological polar surface area (TPSA) is 279 Å². The molecule has 43 heavy (non-hydrogen) atoms. The quantitative estimate of drug-likeness (QED) is 0.137. The van der Waals surface area contributed by atoms with E-state index in [2.05, 4.69) is 0 Å². The van der Waals surface area contributed by atoms with Crippen LogP contribution >= 0.6 is 0 Å². The second-order valence-electron chi connectivity index (χ2n) is 13.2. The highest BCUT2D eigenvalue weighted by atomic mass is 16.7. The van der Waals surface area contributed by atoms with Gasteiger partial charge in [0.1, 0.15) is 42.7 Å². The van der Waals surface area contributed by atoms with Crippen molar-refractivity contribution in [1.29, 1.82) is 0 Å². The van der Waals surface area contributed by atoms with E-state index in [0.717, 1.165) is 0 Å². The van der Waals surface area contributed by atoms with Crippen LogP contribution in [-0.2, 0) is 38.1 Å². The third kappa shape index (κ3) is 7.12. The van der Waals surface area contributed by atoms with Crippen LogP contribution in [0.25, 0.3) is 0 Å². The van der Waals surface area contributed by atoms with Gasteiger partial charge in [-0.2, -0.15) is 0 Å². The Labute approximate surface area is 246 Å². The van der Waals surface area contributed by atoms with Crippen LogP contribution in [0.3, 0.4) is 0 Å². The first-order chi connectivity index (χ1) is 19.6. The van der Waals surface area contributed by atoms with Gasteiger partial charge >= 0.3 is 17.9 Å². The summed E-state index contributed by atoms with van der Waals surface area (Å²) in [7, 11) is 0. The van der Waals surface area contributed by atoms with E-state index < -0.39 is 120 Å². The minimum absolute atomic E-state index is 0.832. The molecule has 0 aromatic rings. The zero-order valence-electron chi connectivity index (χ0n) is 24.5. The molecule has 3 rings (SSSR count). The van der Waals surface area contributed by atoms with Gasteiger partial charge in [-0.1, -0.05) is 41.5 Å². The maximum atomic E-state index is 12.1. The van der Waals surface area contributed by atoms with Gasteiger partial charge in [0.05, 0.1) is 12.2 Å². The molecule has 0 aromatic carbocycles. The van der Waals surface area contributed by atoms with Crippen molar-refractivity contribution in [3.8, 4) is 0 Å². The highest BCUT2D eigenvalue weighted by Gasteiger charge is 2.58. The lowest BCUT2D eigenvalue weighted by molar-refractivity contribution is -0.365. The standard InChI is InChI=1S/C26H42O17/c1-25(2,3)7-8(27)12(31)23(40-14(7)20(33)34)42-16-10(29)13(32)24(43-18(16)22(37)38)41-15-9(28)11(30)19(26(4,5)6)39-17(15)21(35)36/h7-19,23-24,27-32H,1-6H3,(H,33,34)(H,35,36)(H,37,38)/t7-,8?,9?,10?,11-,12-,13-,14?,15-,16-,17?,18?,19+,23-,24+/m1/s1. The summed E-state index contributed by atoms with van der Waals surface area (Å²) in [6.07, 6.45) is -26.7. The SMILES string of the molecule is CC(C)(C)[C@H]1C(C(=O)O)O[C@H](O[C@H]2C(C(=O)O)O[C@H](O[C@H]3C(C(=O)O)O[C@H](C(C)(C)C)[C@H](O)C3O)[C@H](O)C2O)[C@H](O)C1O. The van der Waals surface area contributed by atoms with Crippen molar-refractivity contribution in [1.82, 2.24) is 0 Å². The predicted molar refractivity (Wildman–Crippen MR) is 137 cm³/mol. The molecule has 0 spiro atoms. The van der Waals surface area contributed by atoms with Crippen molar-refractivity contribution in [3.05, 3.63) is 0 Å². The molecule has 3 fully saturated rings. The Morgan fingerprint density at radius 1 is 0.512 bits per heavy atom. The normalized spacial score (nSPS) is 44.5. The number of aliphatic hydroxyl groups excluding tert-OH is 6. The highest BCUT2D eigenvalue weighted by Crippen LogP contribution is 2.41. The molecular formula is C26H42O17. The molecule has 248 valence electrons. The van der Waals surface area contributed by atoms with E-state index in [0.29, 0.717) is 0 Å². The van der Waals surface area contributed by atoms with E-state index in [-0.39, 0.29) is 0 Å². The Hall–Kier alpha value is -2.03. The van der Waals surface area contributed by atoms with Gasteiger partial charge in [0.2, 0.25) is 0 Å². The van der Waals surface area contributed by atoms with Crippen LogP contribution in [0.1, 0.15) is 41.5 Å². The molecule has 0 aliphatic carbocycles. The molecule has 0 radical (unpaired) electrons. The van der Waals surface area contributed by atoms with E-state index in [4.69, 9.17) is 23.7 Å². The average molecular weight is 627 g/mol. The number of carboxylic acid groups (broad SMARTS) is 3. The number of hydrogen-bond donors (Lipinski definition) is 9. The number of hydrogen-bond acceptors (Lipinski definition) is 14. The minimum atomic E-state index is -2.20. The zero-order chi connectivity index (χ0) is 32.9. The molecule has 0 aromatic heterocycles. The summed E-state index contributed by atoms with van der Waals surface area (Å²) in [5, 5.41) is 93.7. The molecule has 0 bridgehead atoms. The molecule has 17 nitrogen and oxygen atoms in total. The van der Waals surface area contributed by atoms with Crippen LogP contribution in [0.5, 0.6) is 0 Å². The Balaban J connectivity index is 1.84. The lowest BCUT2D eigenvalue weighted by Gasteiger charge is -2.49. The van der Waals surface area contributed by atoms with Crippen LogP contribution < -0.4 is 0 Å². The lowest BCUT2D eigenvalue weighted by Crippen LogP contribution is -2.68. The van der Waals surface area contributed by atoms with Gasteiger partial charge in [0.15, 0.2) is 30.9 Å². The van der Waals surface area contributed by atoms with Crippen molar-refractivity contribution >= 4 is 17.9 Å². The van der Waals surface area contributed by atoms with E-state index in [9.17, 15) is 60.3 Å². The first-order valence-corrected chi connectivity index (χ1v) is 13.6. The van der Waals surface area contributed by atoms with Gasteiger partial charge in [-0.25, -0.2) is 14.4 Å². The Morgan fingerprint density at radius 2 is 0.884 bits per heavy atom. The van der Waals surface area contributed by atoms with Gasteiger partial charge in [-0.15, -0.1) is 0 Å². The third-order valence-corrected chi connectivity index (χ3v) is 7.90. The zero-order valence-corrected chi connectivity index (χ0v) is 24.5. The van der Waals surface area contributed by atoms with E-state index in [1.165, 1.54) is 0 Å². The van der Waals surface area contributed by atoms with E-state index >= 15 is 0 Å². The van der Waals surface area contributed by atoms with Crippen LogP contribution in [-0.4, -0.2) is 150 Å². The summed E-state index contributed by atoms with van der Waals surface area (Å²) in [6.45, 7) is 9.70. The molecular weight excluding hydrogens is 584 g/mol. The largest absolute Gasteiger partial charge is 0.479 e. The second kappa shape index (κ2) is 12.8. The molecule has 3 heterocycles. The molecule has 15 atom stereocenters. The summed E-state index contributed by atoms with van der Waals surface area (Å²) in [5.41, 5.74) is -1.71. The number of aliphatic carboxylic acids is 3. The van der Waals surface area contributed by atoms with Crippen molar-refractivity contribution < 1.29 is 84.0 Å². The molecule has 3 aliphatic rings. The van der Waals surface area contributed by atoms with Gasteiger partial charge in [-0.05, 0) is 10.8 Å². The van der Waals surface area contributed by atoms with Crippen molar-refractivity contribution in [2.45, 2.75) is 127 Å². The third-order valence-electron chi connectivity index (χ3n) is 7.90. The van der Waals surface area contributed by atoms with Crippen molar-refractivity contribution in [2.75, 3.05) is 0 Å². The summed E-state index contributed by atoms with van der Waals surface area (Å²) < 4.78 is 27.0. The molecule has 0 amide bonds. The molecule has 9 N–H and O–H groups in total. The molecule has 17 heteroatoms. The summed E-state index contributed by atoms with van der Waals surface area (Å²) in [5.74, 6) is -6.05. The molecule has 3 saturated heterocycles. The van der Waals surface area contributed by atoms with Crippen LogP contribution in [0.15, 0.2) is 0 Å². The summed E-state index contributed by atoms with van der Waals surface area (Å²) in [6, 6.07) is 0. The van der Waals surface area contributed by atoms with Crippen LogP contribution in [0.2, 0.25) is 0 Å². The Bertz CT molecular complexity index is 1020. The maximum Gasteiger partial charge on any atom is 0.335 e. The van der Waals surface area contributed by atoms with Crippen molar-refractivity contribution in [2.24, 2.45) is 16.7 Å². The predicted octanol–water partition coefficient (Wildman–Crippen LogP) is -2.90. The first kappa shape index (κ1) is 35.4. The lowest BCUT2D eigenvalue weighted by atomic mass is 9.71. The van der Waals surface area contributed by atoms with E-state index in [1.54, 1.807) is 41.5 Å². The van der Waals surface area contributed by atoms with Crippen LogP contribution in [0, 0.1) is 16.7 Å². The molecule has 3 aliphatic heterocycles. The summed E-state index contributed by atoms with van der Waals surface area (Å²) >= 11 is 0. The fraction of sp³-hybridized carbons (Fsp3) is 0.885. The van der Waals surface area contributed by atoms with Gasteiger partial charge in [0, 0.05) is 5.92 Å². The smallest absolute Gasteiger partial charge is 0.335 e. The monoisotopic (exact) mass is 626 g/mol. The van der Waals surface area contributed by atoms with Gasteiger partial charge < -0.3 is 69.6 Å². The van der Waals surface area contributed by atoms with E-state index in [1.807, 2.05) is 0 Å². The van der Waals surface area contributed by atoms with Crippen molar-refractivity contribution in [3.63, 3.8) is 0 Å². The molecule has 0 saturated carbocycles. The van der Waals surface area contributed by atoms with Gasteiger partial charge in [0.25, 0.3) is 0 Å². The Kier molecular flexibility index (Phi) is 10.5. The fourth-order valence-corrected chi connectivity index (χ4v) is 5.70. The Morgan fingerprint density at radius 3 is 1.28 bits per heavy atom. The molecule has 6 unspecified atom stereocenters.